The van der Waals surface area contributed by atoms with Crippen LogP contribution in [-0.4, -0.2) is 16.1 Å². The van der Waals surface area contributed by atoms with Crippen LogP contribution in [0.2, 0.25) is 0 Å². The summed E-state index contributed by atoms with van der Waals surface area (Å²) in [6.07, 6.45) is 1.41. The molecule has 3 nitrogen and oxygen atoms in total. The van der Waals surface area contributed by atoms with Gasteiger partial charge in [0.25, 0.3) is 0 Å². The van der Waals surface area contributed by atoms with Crippen molar-refractivity contribution in [3.8, 4) is 0 Å². The summed E-state index contributed by atoms with van der Waals surface area (Å²) in [4.78, 5) is 15.0. The van der Waals surface area contributed by atoms with Crippen molar-refractivity contribution in [3.63, 3.8) is 0 Å². The van der Waals surface area contributed by atoms with Gasteiger partial charge in [0.1, 0.15) is 0 Å². The molecule has 0 aliphatic rings. The fraction of sp³-hybridized carbons (Fsp3) is 0. The molecule has 0 saturated heterocycles. The lowest BCUT2D eigenvalue weighted by Crippen LogP contribution is -1.95. The van der Waals surface area contributed by atoms with Gasteiger partial charge in [0.2, 0.25) is 0 Å². The monoisotopic (exact) mass is 229 g/mol. The van der Waals surface area contributed by atoms with Gasteiger partial charge >= 0.3 is 5.97 Å². The Morgan fingerprint density at radius 1 is 1.25 bits per heavy atom. The second kappa shape index (κ2) is 3.28. The van der Waals surface area contributed by atoms with Crippen molar-refractivity contribution >= 4 is 37.6 Å². The van der Waals surface area contributed by atoms with Crippen LogP contribution in [0, 0.1) is 0 Å². The third kappa shape index (κ3) is 1.27. The minimum absolute atomic E-state index is 0.235. The van der Waals surface area contributed by atoms with Gasteiger partial charge < -0.3 is 5.11 Å². The third-order valence-corrected chi connectivity index (χ3v) is 3.57. The van der Waals surface area contributed by atoms with Crippen LogP contribution in [0.1, 0.15) is 10.4 Å². The van der Waals surface area contributed by atoms with Crippen molar-refractivity contribution in [2.45, 2.75) is 0 Å². The Morgan fingerprint density at radius 2 is 2.06 bits per heavy atom. The number of hydrogen-bond donors (Lipinski definition) is 1. The molecule has 0 aliphatic carbocycles. The predicted molar refractivity (Wildman–Crippen MR) is 64.1 cm³/mol. The highest BCUT2D eigenvalue weighted by atomic mass is 32.1. The Bertz CT molecular complexity index is 702. The molecule has 2 heterocycles. The van der Waals surface area contributed by atoms with Gasteiger partial charge in [0, 0.05) is 16.3 Å². The standard InChI is InChI=1S/C12H7NO2S/c14-12(15)7-5-10-11(13-6-7)8-3-1-2-4-9(8)16-10/h1-6H,(H,14,15). The Morgan fingerprint density at radius 3 is 2.88 bits per heavy atom. The van der Waals surface area contributed by atoms with E-state index in [1.807, 2.05) is 24.3 Å². The first-order chi connectivity index (χ1) is 7.75. The van der Waals surface area contributed by atoms with Crippen molar-refractivity contribution < 1.29 is 9.90 Å². The van der Waals surface area contributed by atoms with E-state index in [1.165, 1.54) is 6.20 Å². The molecular formula is C12H7NO2S. The molecule has 3 aromatic rings. The Balaban J connectivity index is 2.41. The molecule has 3 rings (SSSR count). The van der Waals surface area contributed by atoms with E-state index in [2.05, 4.69) is 4.98 Å². The largest absolute Gasteiger partial charge is 0.478 e. The number of carbonyl (C=O) groups is 1. The SMILES string of the molecule is O=C(O)c1cnc2c(c1)sc1ccccc12. The fourth-order valence-electron chi connectivity index (χ4n) is 1.71. The molecule has 0 unspecified atom stereocenters. The van der Waals surface area contributed by atoms with E-state index in [-0.39, 0.29) is 5.56 Å². The van der Waals surface area contributed by atoms with Gasteiger partial charge in [-0.15, -0.1) is 11.3 Å². The Hall–Kier alpha value is -1.94. The van der Waals surface area contributed by atoms with Gasteiger partial charge in [-0.3, -0.25) is 4.98 Å². The minimum atomic E-state index is -0.938. The molecule has 0 aliphatic heterocycles. The molecule has 2 aromatic heterocycles. The number of rotatable bonds is 1. The predicted octanol–water partition coefficient (Wildman–Crippen LogP) is 3.15. The van der Waals surface area contributed by atoms with Crippen LogP contribution < -0.4 is 0 Å². The number of fused-ring (bicyclic) bond motifs is 3. The van der Waals surface area contributed by atoms with Crippen LogP contribution in [0.3, 0.4) is 0 Å². The summed E-state index contributed by atoms with van der Waals surface area (Å²) >= 11 is 1.57. The molecule has 0 bridgehead atoms. The smallest absolute Gasteiger partial charge is 0.337 e. The molecule has 0 saturated carbocycles. The molecule has 1 aromatic carbocycles. The highest BCUT2D eigenvalue weighted by Gasteiger charge is 2.09. The van der Waals surface area contributed by atoms with E-state index in [0.717, 1.165) is 20.3 Å². The van der Waals surface area contributed by atoms with E-state index >= 15 is 0 Å². The number of carboxylic acid groups (broad SMARTS) is 1. The van der Waals surface area contributed by atoms with Crippen LogP contribution >= 0.6 is 11.3 Å². The first-order valence-electron chi connectivity index (χ1n) is 4.76. The molecule has 0 radical (unpaired) electrons. The normalized spacial score (nSPS) is 11.0. The summed E-state index contributed by atoms with van der Waals surface area (Å²) in [5, 5.41) is 9.97. The molecule has 0 amide bonds. The zero-order chi connectivity index (χ0) is 11.1. The molecule has 78 valence electrons. The molecule has 16 heavy (non-hydrogen) atoms. The number of benzene rings is 1. The number of aromatic nitrogens is 1. The number of aromatic carboxylic acids is 1. The van der Waals surface area contributed by atoms with Crippen molar-refractivity contribution in [2.24, 2.45) is 0 Å². The topological polar surface area (TPSA) is 50.2 Å². The summed E-state index contributed by atoms with van der Waals surface area (Å²) in [6, 6.07) is 9.62. The Labute approximate surface area is 95.0 Å². The van der Waals surface area contributed by atoms with Crippen molar-refractivity contribution in [3.05, 3.63) is 42.1 Å². The van der Waals surface area contributed by atoms with Gasteiger partial charge in [0.05, 0.1) is 15.8 Å². The minimum Gasteiger partial charge on any atom is -0.478 e. The zero-order valence-electron chi connectivity index (χ0n) is 8.18. The van der Waals surface area contributed by atoms with Gasteiger partial charge in [-0.1, -0.05) is 18.2 Å². The van der Waals surface area contributed by atoms with E-state index in [0.29, 0.717) is 0 Å². The quantitative estimate of drug-likeness (QED) is 0.697. The maximum atomic E-state index is 10.8. The Kier molecular flexibility index (Phi) is 1.91. The molecule has 0 spiro atoms. The second-order valence-electron chi connectivity index (χ2n) is 3.47. The summed E-state index contributed by atoms with van der Waals surface area (Å²) in [6.45, 7) is 0. The number of nitrogens with zero attached hydrogens (tertiary/aromatic N) is 1. The van der Waals surface area contributed by atoms with Gasteiger partial charge in [-0.2, -0.15) is 0 Å². The average Bonchev–Trinajstić information content (AvgIpc) is 2.66. The fourth-order valence-corrected chi connectivity index (χ4v) is 2.81. The first-order valence-corrected chi connectivity index (χ1v) is 5.58. The summed E-state index contributed by atoms with van der Waals surface area (Å²) in [5.74, 6) is -0.938. The van der Waals surface area contributed by atoms with Crippen LogP contribution in [0.25, 0.3) is 20.3 Å². The first kappa shape index (κ1) is 9.30. The van der Waals surface area contributed by atoms with Gasteiger partial charge in [-0.05, 0) is 12.1 Å². The summed E-state index contributed by atoms with van der Waals surface area (Å²) < 4.78 is 2.05. The third-order valence-electron chi connectivity index (χ3n) is 2.46. The zero-order valence-corrected chi connectivity index (χ0v) is 8.99. The van der Waals surface area contributed by atoms with E-state index in [9.17, 15) is 4.79 Å². The number of pyridine rings is 1. The van der Waals surface area contributed by atoms with Crippen LogP contribution in [0.4, 0.5) is 0 Å². The molecule has 0 atom stereocenters. The highest BCUT2D eigenvalue weighted by molar-refractivity contribution is 7.25. The lowest BCUT2D eigenvalue weighted by molar-refractivity contribution is 0.0696. The average molecular weight is 229 g/mol. The lowest BCUT2D eigenvalue weighted by atomic mass is 10.2. The van der Waals surface area contributed by atoms with Crippen LogP contribution in [0.15, 0.2) is 36.5 Å². The maximum absolute atomic E-state index is 10.8. The van der Waals surface area contributed by atoms with E-state index < -0.39 is 5.97 Å². The van der Waals surface area contributed by atoms with Gasteiger partial charge in [-0.25, -0.2) is 4.79 Å². The molecule has 0 fully saturated rings. The number of thiophene rings is 1. The van der Waals surface area contributed by atoms with Crippen LogP contribution in [0.5, 0.6) is 0 Å². The highest BCUT2D eigenvalue weighted by Crippen LogP contribution is 2.32. The summed E-state index contributed by atoms with van der Waals surface area (Å²) in [7, 11) is 0. The maximum Gasteiger partial charge on any atom is 0.337 e. The lowest BCUT2D eigenvalue weighted by Gasteiger charge is -1.93. The van der Waals surface area contributed by atoms with E-state index in [1.54, 1.807) is 17.4 Å². The number of hydrogen-bond acceptors (Lipinski definition) is 3. The van der Waals surface area contributed by atoms with E-state index in [4.69, 9.17) is 5.11 Å². The summed E-state index contributed by atoms with van der Waals surface area (Å²) in [5.41, 5.74) is 1.12. The molecule has 4 heteroatoms. The van der Waals surface area contributed by atoms with Crippen molar-refractivity contribution in [2.75, 3.05) is 0 Å². The number of carboxylic acids is 1. The second-order valence-corrected chi connectivity index (χ2v) is 4.56. The molecule has 1 N–H and O–H groups in total. The van der Waals surface area contributed by atoms with Crippen LogP contribution in [-0.2, 0) is 0 Å². The van der Waals surface area contributed by atoms with Crippen molar-refractivity contribution in [1.29, 1.82) is 0 Å². The van der Waals surface area contributed by atoms with Crippen molar-refractivity contribution in [1.82, 2.24) is 4.98 Å². The molecular weight excluding hydrogens is 222 g/mol. The van der Waals surface area contributed by atoms with Gasteiger partial charge in [0.15, 0.2) is 0 Å².